The van der Waals surface area contributed by atoms with E-state index in [1.165, 1.54) is 42.5 Å². The number of rotatable bonds is 3. The average molecular weight is 450 g/mol. The number of nitrogens with one attached hydrogen (secondary N) is 2. The minimum atomic E-state index is -4.78. The summed E-state index contributed by atoms with van der Waals surface area (Å²) in [6.45, 7) is 0. The van der Waals surface area contributed by atoms with Crippen molar-refractivity contribution in [1.82, 2.24) is 9.78 Å². The Morgan fingerprint density at radius 3 is 2.14 bits per heavy atom. The van der Waals surface area contributed by atoms with Gasteiger partial charge in [-0.05, 0) is 42.5 Å². The molecule has 0 saturated heterocycles. The van der Waals surface area contributed by atoms with Crippen molar-refractivity contribution in [2.75, 3.05) is 10.6 Å². The number of hydrogen-bond donors (Lipinski definition) is 2. The Kier molecular flexibility index (Phi) is 5.74. The normalized spacial score (nSPS) is 11.4. The third-order valence-corrected chi connectivity index (χ3v) is 4.34. The van der Waals surface area contributed by atoms with Crippen LogP contribution in [0.1, 0.15) is 5.69 Å². The molecule has 146 valence electrons. The fourth-order valence-electron chi connectivity index (χ4n) is 2.36. The van der Waals surface area contributed by atoms with E-state index in [0.717, 1.165) is 6.20 Å². The molecule has 0 unspecified atom stereocenters. The lowest BCUT2D eigenvalue weighted by Crippen LogP contribution is -2.22. The van der Waals surface area contributed by atoms with Crippen molar-refractivity contribution in [2.45, 2.75) is 6.18 Å². The van der Waals surface area contributed by atoms with Crippen LogP contribution in [0.4, 0.5) is 29.3 Å². The van der Waals surface area contributed by atoms with Crippen LogP contribution in [0.3, 0.4) is 0 Å². The van der Waals surface area contributed by atoms with E-state index < -0.39 is 23.6 Å². The number of benzene rings is 2. The zero-order valence-corrected chi connectivity index (χ0v) is 16.0. The first-order valence-electron chi connectivity index (χ1n) is 7.59. The average Bonchev–Trinajstić information content (AvgIpc) is 3.02. The number of alkyl halides is 3. The molecule has 0 radical (unpaired) electrons. The van der Waals surface area contributed by atoms with Gasteiger partial charge in [0.05, 0.1) is 28.3 Å². The smallest absolute Gasteiger partial charge is 0.306 e. The van der Waals surface area contributed by atoms with Crippen LogP contribution >= 0.6 is 34.8 Å². The molecule has 0 aliphatic heterocycles. The molecule has 2 aromatic carbocycles. The molecule has 1 heterocycles. The Hall–Kier alpha value is -2.42. The zero-order chi connectivity index (χ0) is 20.5. The summed E-state index contributed by atoms with van der Waals surface area (Å²) in [4.78, 5) is 12.2. The van der Waals surface area contributed by atoms with Crippen LogP contribution in [0, 0.1) is 0 Å². The Labute approximate surface area is 172 Å². The van der Waals surface area contributed by atoms with Crippen LogP contribution in [0.2, 0.25) is 15.1 Å². The van der Waals surface area contributed by atoms with Crippen molar-refractivity contribution < 1.29 is 18.0 Å². The minimum absolute atomic E-state index is 0.130. The molecule has 3 aromatic rings. The lowest BCUT2D eigenvalue weighted by molar-refractivity contribution is -0.142. The van der Waals surface area contributed by atoms with Gasteiger partial charge in [0.2, 0.25) is 0 Å². The molecule has 0 saturated carbocycles. The maximum absolute atomic E-state index is 13.6. The van der Waals surface area contributed by atoms with Gasteiger partial charge < -0.3 is 10.6 Å². The molecule has 0 fully saturated rings. The van der Waals surface area contributed by atoms with E-state index in [2.05, 4.69) is 15.7 Å². The zero-order valence-electron chi connectivity index (χ0n) is 13.7. The number of amides is 2. The predicted octanol–water partition coefficient (Wildman–Crippen LogP) is 6.50. The van der Waals surface area contributed by atoms with Crippen molar-refractivity contribution in [3.8, 4) is 5.69 Å². The fraction of sp³-hybridized carbons (Fsp3) is 0.0588. The SMILES string of the molecule is O=C(Nc1ccc(Cl)cc1Cl)Nc1cnn(-c2ccc(Cl)cc2)c1C(F)(F)F. The van der Waals surface area contributed by atoms with Crippen LogP contribution in [-0.2, 0) is 6.18 Å². The van der Waals surface area contributed by atoms with Crippen molar-refractivity contribution in [3.63, 3.8) is 0 Å². The Morgan fingerprint density at radius 2 is 1.54 bits per heavy atom. The molecule has 28 heavy (non-hydrogen) atoms. The second-order valence-corrected chi connectivity index (χ2v) is 6.78. The van der Waals surface area contributed by atoms with Gasteiger partial charge in [-0.3, -0.25) is 0 Å². The van der Waals surface area contributed by atoms with Gasteiger partial charge in [-0.25, -0.2) is 9.48 Å². The van der Waals surface area contributed by atoms with Crippen LogP contribution < -0.4 is 10.6 Å². The molecule has 5 nitrogen and oxygen atoms in total. The first-order chi connectivity index (χ1) is 13.1. The third-order valence-electron chi connectivity index (χ3n) is 3.54. The molecular formula is C17H10Cl3F3N4O. The van der Waals surface area contributed by atoms with Gasteiger partial charge >= 0.3 is 12.2 Å². The van der Waals surface area contributed by atoms with Gasteiger partial charge in [-0.2, -0.15) is 18.3 Å². The van der Waals surface area contributed by atoms with Gasteiger partial charge in [0.1, 0.15) is 0 Å². The second-order valence-electron chi connectivity index (χ2n) is 5.50. The molecule has 1 aromatic heterocycles. The number of urea groups is 1. The highest BCUT2D eigenvalue weighted by Crippen LogP contribution is 2.36. The van der Waals surface area contributed by atoms with Crippen molar-refractivity contribution in [3.05, 3.63) is 69.4 Å². The highest BCUT2D eigenvalue weighted by Gasteiger charge is 2.39. The van der Waals surface area contributed by atoms with E-state index in [1.807, 2.05) is 0 Å². The molecule has 0 spiro atoms. The predicted molar refractivity (Wildman–Crippen MR) is 103 cm³/mol. The topological polar surface area (TPSA) is 59.0 Å². The monoisotopic (exact) mass is 448 g/mol. The van der Waals surface area contributed by atoms with E-state index in [9.17, 15) is 18.0 Å². The van der Waals surface area contributed by atoms with E-state index in [0.29, 0.717) is 14.7 Å². The minimum Gasteiger partial charge on any atom is -0.306 e. The summed E-state index contributed by atoms with van der Waals surface area (Å²) >= 11 is 17.5. The quantitative estimate of drug-likeness (QED) is 0.480. The van der Waals surface area contributed by atoms with Crippen LogP contribution in [-0.4, -0.2) is 15.8 Å². The Bertz CT molecular complexity index is 1020. The molecular weight excluding hydrogens is 440 g/mol. The largest absolute Gasteiger partial charge is 0.435 e. The lowest BCUT2D eigenvalue weighted by atomic mass is 10.3. The van der Waals surface area contributed by atoms with Crippen molar-refractivity contribution >= 4 is 52.2 Å². The number of aromatic nitrogens is 2. The number of carbonyl (C=O) groups is 1. The number of anilines is 2. The molecule has 2 N–H and O–H groups in total. The summed E-state index contributed by atoms with van der Waals surface area (Å²) in [5.41, 5.74) is -1.36. The van der Waals surface area contributed by atoms with Gasteiger partial charge in [-0.1, -0.05) is 34.8 Å². The maximum atomic E-state index is 13.6. The van der Waals surface area contributed by atoms with Crippen molar-refractivity contribution in [2.24, 2.45) is 0 Å². The summed E-state index contributed by atoms with van der Waals surface area (Å²) in [6, 6.07) is 8.98. The fourth-order valence-corrected chi connectivity index (χ4v) is 2.94. The number of halogens is 6. The van der Waals surface area contributed by atoms with Crippen LogP contribution in [0.15, 0.2) is 48.7 Å². The summed E-state index contributed by atoms with van der Waals surface area (Å²) < 4.78 is 41.5. The van der Waals surface area contributed by atoms with E-state index in [1.54, 1.807) is 0 Å². The van der Waals surface area contributed by atoms with E-state index in [4.69, 9.17) is 34.8 Å². The highest BCUT2D eigenvalue weighted by atomic mass is 35.5. The number of carbonyl (C=O) groups excluding carboxylic acids is 1. The standard InChI is InChI=1S/C17H10Cl3F3N4O/c18-9-1-4-11(5-2-9)27-15(17(21,22)23)14(8-24-27)26-16(28)25-13-6-3-10(19)7-12(13)20/h1-8H,(H2,25,26,28). The molecule has 0 atom stereocenters. The molecule has 3 rings (SSSR count). The Morgan fingerprint density at radius 1 is 0.929 bits per heavy atom. The number of hydrogen-bond acceptors (Lipinski definition) is 2. The molecule has 0 aliphatic carbocycles. The summed E-state index contributed by atoms with van der Waals surface area (Å²) in [6.07, 6.45) is -3.88. The molecule has 11 heteroatoms. The van der Waals surface area contributed by atoms with Gasteiger partial charge in [-0.15, -0.1) is 0 Å². The highest BCUT2D eigenvalue weighted by molar-refractivity contribution is 6.36. The first-order valence-corrected chi connectivity index (χ1v) is 8.73. The summed E-state index contributed by atoms with van der Waals surface area (Å²) in [7, 11) is 0. The second kappa shape index (κ2) is 7.90. The van der Waals surface area contributed by atoms with E-state index in [-0.39, 0.29) is 16.4 Å². The van der Waals surface area contributed by atoms with Gasteiger partial charge in [0.15, 0.2) is 5.69 Å². The van der Waals surface area contributed by atoms with Crippen LogP contribution in [0.5, 0.6) is 0 Å². The summed E-state index contributed by atoms with van der Waals surface area (Å²) in [5.74, 6) is 0. The lowest BCUT2D eigenvalue weighted by Gasteiger charge is -2.14. The number of nitrogens with zero attached hydrogens (tertiary/aromatic N) is 2. The summed E-state index contributed by atoms with van der Waals surface area (Å²) in [5, 5.41) is 9.08. The first kappa shape index (κ1) is 20.3. The Balaban J connectivity index is 1.89. The third kappa shape index (κ3) is 4.52. The van der Waals surface area contributed by atoms with Gasteiger partial charge in [0, 0.05) is 10.0 Å². The van der Waals surface area contributed by atoms with Gasteiger partial charge in [0.25, 0.3) is 0 Å². The maximum Gasteiger partial charge on any atom is 0.435 e. The molecule has 0 aliphatic rings. The molecule has 0 bridgehead atoms. The van der Waals surface area contributed by atoms with Crippen LogP contribution in [0.25, 0.3) is 5.69 Å². The van der Waals surface area contributed by atoms with E-state index >= 15 is 0 Å². The van der Waals surface area contributed by atoms with Crippen molar-refractivity contribution in [1.29, 1.82) is 0 Å². The molecule has 2 amide bonds.